The van der Waals surface area contributed by atoms with Crippen LogP contribution >= 0.6 is 11.8 Å². The summed E-state index contributed by atoms with van der Waals surface area (Å²) in [5.74, 6) is 2.02. The average molecular weight is 307 g/mol. The Morgan fingerprint density at radius 1 is 1.33 bits per heavy atom. The lowest BCUT2D eigenvalue weighted by molar-refractivity contribution is 0.0982. The average Bonchev–Trinajstić information content (AvgIpc) is 2.53. The van der Waals surface area contributed by atoms with Crippen molar-refractivity contribution in [2.24, 2.45) is 5.92 Å². The molecular formula is C18H30N2S. The molecule has 0 radical (unpaired) electrons. The minimum atomic E-state index is 0.592. The Morgan fingerprint density at radius 2 is 2.10 bits per heavy atom. The topological polar surface area (TPSA) is 15.3 Å². The lowest BCUT2D eigenvalue weighted by atomic mass is 9.93. The van der Waals surface area contributed by atoms with Crippen molar-refractivity contribution in [1.82, 2.24) is 10.2 Å². The summed E-state index contributed by atoms with van der Waals surface area (Å²) >= 11 is 1.96. The van der Waals surface area contributed by atoms with Gasteiger partial charge in [-0.05, 0) is 24.2 Å². The number of hydrogen-bond donors (Lipinski definition) is 1. The van der Waals surface area contributed by atoms with Gasteiger partial charge in [0.2, 0.25) is 0 Å². The zero-order chi connectivity index (χ0) is 15.1. The van der Waals surface area contributed by atoms with Gasteiger partial charge in [-0.2, -0.15) is 11.8 Å². The monoisotopic (exact) mass is 306 g/mol. The van der Waals surface area contributed by atoms with Crippen molar-refractivity contribution in [1.29, 1.82) is 0 Å². The summed E-state index contributed by atoms with van der Waals surface area (Å²) in [6.45, 7) is 8.26. The van der Waals surface area contributed by atoms with Crippen molar-refractivity contribution in [2.75, 3.05) is 31.6 Å². The standard InChI is InChI=1S/C18H30N2S/c1-4-15(2)18-13-19-17(14-20(18)10-11-21-3)12-16-8-6-5-7-9-16/h5-9,15,17-19H,4,10-14H2,1-3H3. The summed E-state index contributed by atoms with van der Waals surface area (Å²) in [5, 5.41) is 3.79. The Bertz CT molecular complexity index is 395. The Labute approximate surface area is 134 Å². The number of nitrogens with zero attached hydrogens (tertiary/aromatic N) is 1. The largest absolute Gasteiger partial charge is 0.311 e. The molecule has 3 atom stereocenters. The van der Waals surface area contributed by atoms with E-state index in [1.54, 1.807) is 0 Å². The molecule has 2 nitrogen and oxygen atoms in total. The zero-order valence-corrected chi connectivity index (χ0v) is 14.5. The van der Waals surface area contributed by atoms with E-state index in [2.05, 4.69) is 60.7 Å². The lowest BCUT2D eigenvalue weighted by Gasteiger charge is -2.43. The highest BCUT2D eigenvalue weighted by atomic mass is 32.2. The van der Waals surface area contributed by atoms with Crippen molar-refractivity contribution in [3.63, 3.8) is 0 Å². The fraction of sp³-hybridized carbons (Fsp3) is 0.667. The fourth-order valence-corrected chi connectivity index (χ4v) is 3.65. The summed E-state index contributed by atoms with van der Waals surface area (Å²) in [6.07, 6.45) is 4.62. The number of nitrogens with one attached hydrogen (secondary N) is 1. The molecule has 0 bridgehead atoms. The summed E-state index contributed by atoms with van der Waals surface area (Å²) in [4.78, 5) is 2.73. The Balaban J connectivity index is 1.95. The van der Waals surface area contributed by atoms with Gasteiger partial charge in [0.25, 0.3) is 0 Å². The molecule has 118 valence electrons. The highest BCUT2D eigenvalue weighted by molar-refractivity contribution is 7.98. The van der Waals surface area contributed by atoms with Crippen LogP contribution in [-0.2, 0) is 6.42 Å². The van der Waals surface area contributed by atoms with E-state index in [-0.39, 0.29) is 0 Å². The first kappa shape index (κ1) is 16.9. The maximum absolute atomic E-state index is 3.79. The van der Waals surface area contributed by atoms with Crippen molar-refractivity contribution in [2.45, 2.75) is 38.8 Å². The fourth-order valence-electron chi connectivity index (χ4n) is 3.23. The van der Waals surface area contributed by atoms with E-state index in [0.717, 1.165) is 18.9 Å². The summed E-state index contributed by atoms with van der Waals surface area (Å²) < 4.78 is 0. The van der Waals surface area contributed by atoms with Gasteiger partial charge in [-0.3, -0.25) is 4.90 Å². The van der Waals surface area contributed by atoms with Crippen molar-refractivity contribution in [3.05, 3.63) is 35.9 Å². The van der Waals surface area contributed by atoms with Crippen LogP contribution in [-0.4, -0.2) is 48.6 Å². The number of benzene rings is 1. The first-order chi connectivity index (χ1) is 10.2. The molecule has 1 aliphatic rings. The maximum Gasteiger partial charge on any atom is 0.0247 e. The molecule has 0 aliphatic carbocycles. The van der Waals surface area contributed by atoms with E-state index in [9.17, 15) is 0 Å². The molecule has 0 spiro atoms. The second-order valence-corrected chi connectivity index (χ2v) is 7.22. The van der Waals surface area contributed by atoms with Crippen LogP contribution in [0.2, 0.25) is 0 Å². The van der Waals surface area contributed by atoms with Crippen LogP contribution in [0.15, 0.2) is 30.3 Å². The predicted molar refractivity (Wildman–Crippen MR) is 95.1 cm³/mol. The lowest BCUT2D eigenvalue weighted by Crippen LogP contribution is -2.59. The predicted octanol–water partition coefficient (Wildman–Crippen LogP) is 3.28. The molecule has 0 saturated carbocycles. The van der Waals surface area contributed by atoms with Gasteiger partial charge in [0, 0.05) is 37.5 Å². The maximum atomic E-state index is 3.79. The highest BCUT2D eigenvalue weighted by Crippen LogP contribution is 2.20. The van der Waals surface area contributed by atoms with Gasteiger partial charge in [0.05, 0.1) is 0 Å². The Morgan fingerprint density at radius 3 is 2.76 bits per heavy atom. The second kappa shape index (κ2) is 8.82. The molecule has 2 rings (SSSR count). The molecule has 3 unspecified atom stereocenters. The molecule has 1 heterocycles. The summed E-state index contributed by atoms with van der Waals surface area (Å²) in [5.41, 5.74) is 1.45. The number of hydrogen-bond acceptors (Lipinski definition) is 3. The van der Waals surface area contributed by atoms with Crippen LogP contribution in [0.5, 0.6) is 0 Å². The molecule has 1 N–H and O–H groups in total. The Kier molecular flexibility index (Phi) is 7.08. The van der Waals surface area contributed by atoms with E-state index < -0.39 is 0 Å². The molecule has 1 aromatic rings. The van der Waals surface area contributed by atoms with Crippen molar-refractivity contribution < 1.29 is 0 Å². The van der Waals surface area contributed by atoms with Gasteiger partial charge < -0.3 is 5.32 Å². The van der Waals surface area contributed by atoms with Crippen LogP contribution in [0.1, 0.15) is 25.8 Å². The first-order valence-corrected chi connectivity index (χ1v) is 9.64. The van der Waals surface area contributed by atoms with Gasteiger partial charge in [-0.15, -0.1) is 0 Å². The normalized spacial score (nSPS) is 24.9. The number of piperazine rings is 1. The molecular weight excluding hydrogens is 276 g/mol. The van der Waals surface area contributed by atoms with Crippen LogP contribution in [0.3, 0.4) is 0 Å². The van der Waals surface area contributed by atoms with Gasteiger partial charge in [0.15, 0.2) is 0 Å². The minimum absolute atomic E-state index is 0.592. The third-order valence-corrected chi connectivity index (χ3v) is 5.34. The van der Waals surface area contributed by atoms with Crippen LogP contribution < -0.4 is 5.32 Å². The van der Waals surface area contributed by atoms with Crippen molar-refractivity contribution in [3.8, 4) is 0 Å². The molecule has 1 aromatic carbocycles. The molecule has 1 fully saturated rings. The van der Waals surface area contributed by atoms with E-state index >= 15 is 0 Å². The second-order valence-electron chi connectivity index (χ2n) is 6.24. The van der Waals surface area contributed by atoms with Crippen LogP contribution in [0.25, 0.3) is 0 Å². The van der Waals surface area contributed by atoms with E-state index in [4.69, 9.17) is 0 Å². The van der Waals surface area contributed by atoms with Crippen molar-refractivity contribution >= 4 is 11.8 Å². The Hall–Kier alpha value is -0.510. The molecule has 3 heteroatoms. The van der Waals surface area contributed by atoms with Gasteiger partial charge in [-0.1, -0.05) is 50.6 Å². The van der Waals surface area contributed by atoms with Crippen LogP contribution in [0, 0.1) is 5.92 Å². The SMILES string of the molecule is CCC(C)C1CNC(Cc2ccccc2)CN1CCSC. The quantitative estimate of drug-likeness (QED) is 0.832. The van der Waals surface area contributed by atoms with Gasteiger partial charge in [-0.25, -0.2) is 0 Å². The van der Waals surface area contributed by atoms with E-state index in [1.165, 1.54) is 30.8 Å². The minimum Gasteiger partial charge on any atom is -0.311 e. The summed E-state index contributed by atoms with van der Waals surface area (Å²) in [7, 11) is 0. The zero-order valence-electron chi connectivity index (χ0n) is 13.7. The van der Waals surface area contributed by atoms with Gasteiger partial charge >= 0.3 is 0 Å². The van der Waals surface area contributed by atoms with Crippen LogP contribution in [0.4, 0.5) is 0 Å². The third-order valence-electron chi connectivity index (χ3n) is 4.75. The van der Waals surface area contributed by atoms with E-state index in [1.807, 2.05) is 11.8 Å². The van der Waals surface area contributed by atoms with E-state index in [0.29, 0.717) is 12.1 Å². The smallest absolute Gasteiger partial charge is 0.0247 e. The molecule has 0 aromatic heterocycles. The number of thioether (sulfide) groups is 1. The molecule has 1 aliphatic heterocycles. The molecule has 0 amide bonds. The van der Waals surface area contributed by atoms with Gasteiger partial charge in [0.1, 0.15) is 0 Å². The number of rotatable bonds is 7. The molecule has 1 saturated heterocycles. The summed E-state index contributed by atoms with van der Waals surface area (Å²) in [6, 6.07) is 12.2. The first-order valence-electron chi connectivity index (χ1n) is 8.24. The highest BCUT2D eigenvalue weighted by Gasteiger charge is 2.30. The third kappa shape index (κ3) is 5.01. The molecule has 21 heavy (non-hydrogen) atoms.